The molecule has 2 aromatic rings. The van der Waals surface area contributed by atoms with Crippen LogP contribution in [0.25, 0.3) is 0 Å². The number of hydrogen-bond acceptors (Lipinski definition) is 3. The summed E-state index contributed by atoms with van der Waals surface area (Å²) in [5, 5.41) is 0. The lowest BCUT2D eigenvalue weighted by Crippen LogP contribution is -2.39. The summed E-state index contributed by atoms with van der Waals surface area (Å²) in [6.07, 6.45) is 3.82. The first kappa shape index (κ1) is 12.2. The van der Waals surface area contributed by atoms with Crippen molar-refractivity contribution in [1.29, 1.82) is 0 Å². The number of nitrogens with zero attached hydrogens (tertiary/aromatic N) is 2. The van der Waals surface area contributed by atoms with Crippen LogP contribution in [0.2, 0.25) is 0 Å². The zero-order chi connectivity index (χ0) is 13.1. The van der Waals surface area contributed by atoms with Crippen molar-refractivity contribution in [3.63, 3.8) is 0 Å². The van der Waals surface area contributed by atoms with Crippen LogP contribution in [-0.2, 0) is 20.0 Å². The summed E-state index contributed by atoms with van der Waals surface area (Å²) in [5.41, 5.74) is 6.48. The van der Waals surface area contributed by atoms with Gasteiger partial charge in [0.25, 0.3) is 0 Å². The first-order valence-corrected chi connectivity index (χ1v) is 5.69. The normalized spacial score (nSPS) is 10.5. The average molecular weight is 245 g/mol. The Morgan fingerprint density at radius 2 is 1.83 bits per heavy atom. The van der Waals surface area contributed by atoms with Crippen molar-refractivity contribution in [1.82, 2.24) is 9.13 Å². The smallest absolute Gasteiger partial charge is 0.316 e. The lowest BCUT2D eigenvalue weighted by molar-refractivity contribution is 0.636. The second kappa shape index (κ2) is 4.91. The Balaban J connectivity index is 2.22. The van der Waals surface area contributed by atoms with Gasteiger partial charge >= 0.3 is 11.1 Å². The van der Waals surface area contributed by atoms with Crippen LogP contribution in [0.15, 0.2) is 46.2 Å². The molecule has 0 spiro atoms. The fourth-order valence-electron chi connectivity index (χ4n) is 1.77. The van der Waals surface area contributed by atoms with E-state index in [4.69, 9.17) is 5.73 Å². The van der Waals surface area contributed by atoms with Gasteiger partial charge in [0.15, 0.2) is 0 Å². The quantitative estimate of drug-likeness (QED) is 0.627. The van der Waals surface area contributed by atoms with E-state index in [1.54, 1.807) is 19.4 Å². The van der Waals surface area contributed by atoms with Crippen molar-refractivity contribution in [2.45, 2.75) is 13.0 Å². The van der Waals surface area contributed by atoms with E-state index in [-0.39, 0.29) is 0 Å². The Morgan fingerprint density at radius 1 is 1.11 bits per heavy atom. The van der Waals surface area contributed by atoms with E-state index < -0.39 is 11.1 Å². The lowest BCUT2D eigenvalue weighted by Gasteiger charge is -2.08. The van der Waals surface area contributed by atoms with E-state index in [1.807, 2.05) is 24.3 Å². The first-order chi connectivity index (χ1) is 8.59. The molecule has 0 unspecified atom stereocenters. The van der Waals surface area contributed by atoms with Gasteiger partial charge in [0.2, 0.25) is 0 Å². The molecule has 0 aliphatic rings. The highest BCUT2D eigenvalue weighted by Gasteiger charge is 2.03. The van der Waals surface area contributed by atoms with E-state index in [0.717, 1.165) is 5.56 Å². The van der Waals surface area contributed by atoms with Gasteiger partial charge in [-0.05, 0) is 18.1 Å². The highest BCUT2D eigenvalue weighted by molar-refractivity contribution is 5.46. The fraction of sp³-hybridized carbons (Fsp3) is 0.231. The highest BCUT2D eigenvalue weighted by atomic mass is 16.2. The van der Waals surface area contributed by atoms with Crippen LogP contribution in [0.4, 0.5) is 5.69 Å². The number of rotatable bonds is 3. The minimum atomic E-state index is -0.515. The zero-order valence-electron chi connectivity index (χ0n) is 10.2. The standard InChI is InChI=1S/C13H15N3O2/c1-15-8-9-16(13(18)12(15)17)7-6-10-4-2-3-5-11(10)14/h2-5,8-9H,6-7,14H2,1H3. The summed E-state index contributed by atoms with van der Waals surface area (Å²) >= 11 is 0. The number of aryl methyl sites for hydroxylation is 3. The molecule has 2 N–H and O–H groups in total. The minimum Gasteiger partial charge on any atom is -0.399 e. The summed E-state index contributed by atoms with van der Waals surface area (Å²) < 4.78 is 2.69. The fourth-order valence-corrected chi connectivity index (χ4v) is 1.77. The largest absolute Gasteiger partial charge is 0.399 e. The maximum absolute atomic E-state index is 11.7. The molecule has 18 heavy (non-hydrogen) atoms. The number of aromatic nitrogens is 2. The maximum atomic E-state index is 11.7. The van der Waals surface area contributed by atoms with Crippen LogP contribution in [0.5, 0.6) is 0 Å². The van der Waals surface area contributed by atoms with Gasteiger partial charge in [-0.1, -0.05) is 18.2 Å². The van der Waals surface area contributed by atoms with Crippen LogP contribution in [0.1, 0.15) is 5.56 Å². The third-order valence-corrected chi connectivity index (χ3v) is 2.91. The van der Waals surface area contributed by atoms with E-state index >= 15 is 0 Å². The molecule has 2 rings (SSSR count). The van der Waals surface area contributed by atoms with Gasteiger partial charge in [0.05, 0.1) is 0 Å². The molecule has 1 aromatic carbocycles. The molecule has 5 heteroatoms. The van der Waals surface area contributed by atoms with Crippen molar-refractivity contribution in [3.8, 4) is 0 Å². The van der Waals surface area contributed by atoms with Crippen molar-refractivity contribution < 1.29 is 0 Å². The molecule has 0 fully saturated rings. The number of nitrogens with two attached hydrogens (primary N) is 1. The van der Waals surface area contributed by atoms with Gasteiger partial charge in [-0.15, -0.1) is 0 Å². The predicted octanol–water partition coefficient (Wildman–Crippen LogP) is 0.372. The number of nitrogen functional groups attached to an aromatic ring is 1. The van der Waals surface area contributed by atoms with Crippen LogP contribution in [0.3, 0.4) is 0 Å². The third kappa shape index (κ3) is 2.34. The van der Waals surface area contributed by atoms with Gasteiger partial charge < -0.3 is 14.9 Å². The molecule has 1 heterocycles. The number of para-hydroxylation sites is 1. The molecule has 1 aromatic heterocycles. The molecule has 0 aliphatic carbocycles. The van der Waals surface area contributed by atoms with Crippen molar-refractivity contribution >= 4 is 5.69 Å². The molecule has 5 nitrogen and oxygen atoms in total. The number of hydrogen-bond donors (Lipinski definition) is 1. The van der Waals surface area contributed by atoms with Crippen LogP contribution in [-0.4, -0.2) is 9.13 Å². The topological polar surface area (TPSA) is 70.0 Å². The summed E-state index contributed by atoms with van der Waals surface area (Å²) in [6, 6.07) is 7.51. The van der Waals surface area contributed by atoms with Gasteiger partial charge in [-0.2, -0.15) is 0 Å². The van der Waals surface area contributed by atoms with Crippen LogP contribution in [0, 0.1) is 0 Å². The Labute approximate surface area is 104 Å². The third-order valence-electron chi connectivity index (χ3n) is 2.91. The lowest BCUT2D eigenvalue weighted by atomic mass is 10.1. The van der Waals surface area contributed by atoms with Crippen LogP contribution >= 0.6 is 0 Å². The molecular weight excluding hydrogens is 230 g/mol. The van der Waals surface area contributed by atoms with Gasteiger partial charge in [0, 0.05) is 31.7 Å². The zero-order valence-corrected chi connectivity index (χ0v) is 10.2. The first-order valence-electron chi connectivity index (χ1n) is 5.69. The predicted molar refractivity (Wildman–Crippen MR) is 70.5 cm³/mol. The summed E-state index contributed by atoms with van der Waals surface area (Å²) in [4.78, 5) is 23.2. The second-order valence-electron chi connectivity index (χ2n) is 4.16. The van der Waals surface area contributed by atoms with Gasteiger partial charge in [0.1, 0.15) is 0 Å². The number of anilines is 1. The molecule has 94 valence electrons. The number of benzene rings is 1. The van der Waals surface area contributed by atoms with Gasteiger partial charge in [-0.3, -0.25) is 9.59 Å². The molecule has 0 saturated heterocycles. The molecule has 0 atom stereocenters. The van der Waals surface area contributed by atoms with Gasteiger partial charge in [-0.25, -0.2) is 0 Å². The maximum Gasteiger partial charge on any atom is 0.316 e. The van der Waals surface area contributed by atoms with Crippen LogP contribution < -0.4 is 16.9 Å². The summed E-state index contributed by atoms with van der Waals surface area (Å²) in [7, 11) is 1.56. The summed E-state index contributed by atoms with van der Waals surface area (Å²) in [5.74, 6) is 0. The molecule has 0 radical (unpaired) electrons. The molecule has 0 bridgehead atoms. The monoisotopic (exact) mass is 245 g/mol. The van der Waals surface area contributed by atoms with Crippen molar-refractivity contribution in [2.24, 2.45) is 7.05 Å². The molecular formula is C13H15N3O2. The van der Waals surface area contributed by atoms with E-state index in [0.29, 0.717) is 18.7 Å². The Bertz CT molecular complexity index is 670. The SMILES string of the molecule is Cn1ccn(CCc2ccccc2N)c(=O)c1=O. The van der Waals surface area contributed by atoms with E-state index in [1.165, 1.54) is 9.13 Å². The molecule has 0 aliphatic heterocycles. The Hall–Kier alpha value is -2.30. The minimum absolute atomic E-state index is 0.448. The van der Waals surface area contributed by atoms with Crippen molar-refractivity contribution in [3.05, 3.63) is 62.9 Å². The van der Waals surface area contributed by atoms with Crippen molar-refractivity contribution in [2.75, 3.05) is 5.73 Å². The summed E-state index contributed by atoms with van der Waals surface area (Å²) in [6.45, 7) is 0.448. The Kier molecular flexibility index (Phi) is 3.32. The molecule has 0 saturated carbocycles. The Morgan fingerprint density at radius 3 is 2.56 bits per heavy atom. The molecule has 0 amide bonds. The van der Waals surface area contributed by atoms with E-state index in [2.05, 4.69) is 0 Å². The average Bonchev–Trinajstić information content (AvgIpc) is 2.37. The van der Waals surface area contributed by atoms with E-state index in [9.17, 15) is 9.59 Å². The highest BCUT2D eigenvalue weighted by Crippen LogP contribution is 2.11. The second-order valence-corrected chi connectivity index (χ2v) is 4.16.